The van der Waals surface area contributed by atoms with Gasteiger partial charge in [0, 0.05) is 30.6 Å². The number of aryl methyl sites for hydroxylation is 1. The number of H-pyrrole nitrogens is 1. The molecule has 0 atom stereocenters. The molecule has 0 unspecified atom stereocenters. The minimum atomic E-state index is -0.486. The van der Waals surface area contributed by atoms with Gasteiger partial charge in [0.05, 0.1) is 5.52 Å². The van der Waals surface area contributed by atoms with E-state index in [1.54, 1.807) is 11.0 Å². The van der Waals surface area contributed by atoms with Gasteiger partial charge >= 0.3 is 6.09 Å². The number of phenols is 1. The van der Waals surface area contributed by atoms with E-state index in [9.17, 15) is 9.90 Å². The van der Waals surface area contributed by atoms with Crippen molar-refractivity contribution in [1.82, 2.24) is 9.88 Å². The molecule has 1 aromatic carbocycles. The first-order chi connectivity index (χ1) is 10.8. The van der Waals surface area contributed by atoms with Gasteiger partial charge in [0.15, 0.2) is 0 Å². The highest BCUT2D eigenvalue weighted by Crippen LogP contribution is 2.34. The van der Waals surface area contributed by atoms with E-state index in [1.165, 1.54) is 0 Å². The Balaban J connectivity index is 1.87. The number of amides is 1. The summed E-state index contributed by atoms with van der Waals surface area (Å²) in [6.45, 7) is 8.88. The zero-order valence-corrected chi connectivity index (χ0v) is 14.2. The Labute approximate surface area is 136 Å². The molecule has 3 rings (SSSR count). The molecule has 0 fully saturated rings. The smallest absolute Gasteiger partial charge is 0.410 e. The molecular formula is C18H24N2O3. The molecule has 1 aliphatic rings. The fraction of sp³-hybridized carbons (Fsp3) is 0.500. The Morgan fingerprint density at radius 1 is 1.26 bits per heavy atom. The van der Waals surface area contributed by atoms with Gasteiger partial charge in [-0.15, -0.1) is 0 Å². The second kappa shape index (κ2) is 5.48. The SMILES string of the molecule is Cc1ccc(O)c2c3c([nH]c12)CCN(C(=O)OC(C)(C)C)CC3. The number of benzene rings is 1. The average Bonchev–Trinajstić information content (AvgIpc) is 2.69. The maximum atomic E-state index is 12.3. The van der Waals surface area contributed by atoms with Gasteiger partial charge in [-0.05, 0) is 51.3 Å². The van der Waals surface area contributed by atoms with Crippen LogP contribution in [0.3, 0.4) is 0 Å². The topological polar surface area (TPSA) is 65.6 Å². The van der Waals surface area contributed by atoms with Crippen LogP contribution in [0.5, 0.6) is 5.75 Å². The van der Waals surface area contributed by atoms with Crippen molar-refractivity contribution < 1.29 is 14.6 Å². The summed E-state index contributed by atoms with van der Waals surface area (Å²) in [7, 11) is 0. The van der Waals surface area contributed by atoms with Crippen LogP contribution < -0.4 is 0 Å². The molecular weight excluding hydrogens is 292 g/mol. The monoisotopic (exact) mass is 316 g/mol. The molecule has 0 saturated heterocycles. The largest absolute Gasteiger partial charge is 0.507 e. The van der Waals surface area contributed by atoms with Gasteiger partial charge < -0.3 is 19.7 Å². The number of nitrogens with one attached hydrogen (secondary N) is 1. The van der Waals surface area contributed by atoms with E-state index < -0.39 is 5.60 Å². The summed E-state index contributed by atoms with van der Waals surface area (Å²) >= 11 is 0. The number of rotatable bonds is 0. The molecule has 0 saturated carbocycles. The molecule has 5 nitrogen and oxygen atoms in total. The zero-order chi connectivity index (χ0) is 16.8. The van der Waals surface area contributed by atoms with Gasteiger partial charge in [0.1, 0.15) is 11.4 Å². The Bertz CT molecular complexity index is 756. The standard InChI is InChI=1S/C18H24N2O3/c1-11-5-6-14(21)15-12-7-9-20(17(22)23-18(2,3)4)10-8-13(12)19-16(11)15/h5-6,19,21H,7-10H2,1-4H3. The predicted octanol–water partition coefficient (Wildman–Crippen LogP) is 3.52. The number of fused-ring (bicyclic) bond motifs is 3. The summed E-state index contributed by atoms with van der Waals surface area (Å²) in [6.07, 6.45) is 1.18. The molecule has 2 N–H and O–H groups in total. The predicted molar refractivity (Wildman–Crippen MR) is 89.9 cm³/mol. The van der Waals surface area contributed by atoms with Crippen molar-refractivity contribution in [3.63, 3.8) is 0 Å². The number of aromatic nitrogens is 1. The second-order valence-electron chi connectivity index (χ2n) is 7.20. The molecule has 0 bridgehead atoms. The van der Waals surface area contributed by atoms with Crippen molar-refractivity contribution in [2.75, 3.05) is 13.1 Å². The quantitative estimate of drug-likeness (QED) is 0.781. The molecule has 23 heavy (non-hydrogen) atoms. The normalized spacial score (nSPS) is 15.4. The number of ether oxygens (including phenoxy) is 1. The number of carbonyl (C=O) groups excluding carboxylic acids is 1. The van der Waals surface area contributed by atoms with Crippen LogP contribution in [-0.4, -0.2) is 39.8 Å². The van der Waals surface area contributed by atoms with E-state index in [-0.39, 0.29) is 6.09 Å². The second-order valence-corrected chi connectivity index (χ2v) is 7.20. The lowest BCUT2D eigenvalue weighted by molar-refractivity contribution is 0.0258. The van der Waals surface area contributed by atoms with Crippen LogP contribution in [0.4, 0.5) is 4.79 Å². The molecule has 1 amide bonds. The van der Waals surface area contributed by atoms with Crippen molar-refractivity contribution in [3.05, 3.63) is 29.0 Å². The average molecular weight is 316 g/mol. The number of nitrogens with zero attached hydrogens (tertiary/aromatic N) is 1. The van der Waals surface area contributed by atoms with Crippen LogP contribution >= 0.6 is 0 Å². The molecule has 5 heteroatoms. The van der Waals surface area contributed by atoms with Crippen molar-refractivity contribution >= 4 is 17.0 Å². The van der Waals surface area contributed by atoms with Gasteiger partial charge in [-0.3, -0.25) is 0 Å². The number of carbonyl (C=O) groups is 1. The Kier molecular flexibility index (Phi) is 3.74. The number of aromatic hydroxyl groups is 1. The van der Waals surface area contributed by atoms with E-state index in [0.29, 0.717) is 25.3 Å². The highest BCUT2D eigenvalue weighted by Gasteiger charge is 2.26. The summed E-state index contributed by atoms with van der Waals surface area (Å²) in [5, 5.41) is 11.1. The molecule has 1 aliphatic heterocycles. The highest BCUT2D eigenvalue weighted by molar-refractivity contribution is 5.92. The molecule has 2 heterocycles. The third kappa shape index (κ3) is 3.00. The van der Waals surface area contributed by atoms with Gasteiger partial charge in [0.25, 0.3) is 0 Å². The molecule has 0 radical (unpaired) electrons. The fourth-order valence-corrected chi connectivity index (χ4v) is 3.14. The van der Waals surface area contributed by atoms with Crippen LogP contribution in [-0.2, 0) is 17.6 Å². The Morgan fingerprint density at radius 3 is 2.65 bits per heavy atom. The Morgan fingerprint density at radius 2 is 1.96 bits per heavy atom. The summed E-state index contributed by atoms with van der Waals surface area (Å²) < 4.78 is 5.47. The maximum absolute atomic E-state index is 12.3. The third-order valence-corrected chi connectivity index (χ3v) is 4.25. The fourth-order valence-electron chi connectivity index (χ4n) is 3.14. The van der Waals surface area contributed by atoms with E-state index in [0.717, 1.165) is 34.1 Å². The molecule has 0 aliphatic carbocycles. The van der Waals surface area contributed by atoms with Gasteiger partial charge in [-0.1, -0.05) is 6.07 Å². The third-order valence-electron chi connectivity index (χ3n) is 4.25. The molecule has 2 aromatic rings. The highest BCUT2D eigenvalue weighted by atomic mass is 16.6. The van der Waals surface area contributed by atoms with Crippen molar-refractivity contribution in [2.45, 2.75) is 46.1 Å². The summed E-state index contributed by atoms with van der Waals surface area (Å²) in [5.74, 6) is 0.300. The molecule has 124 valence electrons. The number of aromatic amines is 1. The number of phenolic OH excluding ortho intramolecular Hbond substituents is 1. The van der Waals surface area contributed by atoms with E-state index in [2.05, 4.69) is 4.98 Å². The van der Waals surface area contributed by atoms with Crippen LogP contribution in [0, 0.1) is 6.92 Å². The van der Waals surface area contributed by atoms with E-state index in [4.69, 9.17) is 4.74 Å². The van der Waals surface area contributed by atoms with Gasteiger partial charge in [-0.25, -0.2) is 4.79 Å². The Hall–Kier alpha value is -2.17. The summed E-state index contributed by atoms with van der Waals surface area (Å²) in [5.41, 5.74) is 3.86. The van der Waals surface area contributed by atoms with E-state index in [1.807, 2.05) is 33.8 Å². The first kappa shape index (κ1) is 15.7. The van der Waals surface area contributed by atoms with Crippen LogP contribution in [0.25, 0.3) is 10.9 Å². The van der Waals surface area contributed by atoms with Gasteiger partial charge in [-0.2, -0.15) is 0 Å². The van der Waals surface area contributed by atoms with Gasteiger partial charge in [0.2, 0.25) is 0 Å². The minimum Gasteiger partial charge on any atom is -0.507 e. The number of hydrogen-bond acceptors (Lipinski definition) is 3. The van der Waals surface area contributed by atoms with Crippen molar-refractivity contribution in [2.24, 2.45) is 0 Å². The molecule has 0 spiro atoms. The maximum Gasteiger partial charge on any atom is 0.410 e. The molecule has 1 aromatic heterocycles. The van der Waals surface area contributed by atoms with E-state index >= 15 is 0 Å². The summed E-state index contributed by atoms with van der Waals surface area (Å²) in [4.78, 5) is 17.5. The van der Waals surface area contributed by atoms with Crippen LogP contribution in [0.1, 0.15) is 37.6 Å². The van der Waals surface area contributed by atoms with Crippen LogP contribution in [0.2, 0.25) is 0 Å². The minimum absolute atomic E-state index is 0.271. The first-order valence-electron chi connectivity index (χ1n) is 8.06. The zero-order valence-electron chi connectivity index (χ0n) is 14.2. The van der Waals surface area contributed by atoms with Crippen molar-refractivity contribution in [3.8, 4) is 5.75 Å². The van der Waals surface area contributed by atoms with Crippen molar-refractivity contribution in [1.29, 1.82) is 0 Å². The first-order valence-corrected chi connectivity index (χ1v) is 8.06. The lowest BCUT2D eigenvalue weighted by Gasteiger charge is -2.26. The van der Waals surface area contributed by atoms with Crippen LogP contribution in [0.15, 0.2) is 12.1 Å². The summed E-state index contributed by atoms with van der Waals surface area (Å²) in [6, 6.07) is 3.66. The number of hydrogen-bond donors (Lipinski definition) is 2. The lowest BCUT2D eigenvalue weighted by atomic mass is 10.0. The lowest BCUT2D eigenvalue weighted by Crippen LogP contribution is -2.38.